The number of para-hydroxylation sites is 1. The van der Waals surface area contributed by atoms with Gasteiger partial charge in [-0.1, -0.05) is 25.1 Å². The minimum Gasteiger partial charge on any atom is -0.263 e. The molecule has 0 aliphatic carbocycles. The van der Waals surface area contributed by atoms with Crippen LogP contribution in [-0.4, -0.2) is 11.4 Å². The third kappa shape index (κ3) is 2.31. The van der Waals surface area contributed by atoms with Crippen LogP contribution in [0.3, 0.4) is 0 Å². The second-order valence-corrected chi connectivity index (χ2v) is 3.33. The zero-order chi connectivity index (χ0) is 11.4. The van der Waals surface area contributed by atoms with Crippen LogP contribution in [0.25, 0.3) is 0 Å². The number of hydrogen-bond acceptors (Lipinski definition) is 4. The lowest BCUT2D eigenvalue weighted by atomic mass is 10.1. The molecule has 0 spiro atoms. The van der Waals surface area contributed by atoms with Gasteiger partial charge in [0.05, 0.1) is 11.9 Å². The first kappa shape index (κ1) is 10.5. The highest BCUT2D eigenvalue weighted by atomic mass is 19.1. The Bertz CT molecular complexity index is 428. The number of hydrazone groups is 1. The Morgan fingerprint density at radius 3 is 3.00 bits per heavy atom. The van der Waals surface area contributed by atoms with Gasteiger partial charge < -0.3 is 0 Å². The molecule has 0 amide bonds. The number of halogens is 1. The first-order valence-electron chi connectivity index (χ1n) is 5.10. The molecule has 0 radical (unpaired) electrons. The SMILES string of the molecule is CCc1ccccc1NN1N=CC=C(F)N1. The highest BCUT2D eigenvalue weighted by molar-refractivity contribution is 5.72. The highest BCUT2D eigenvalue weighted by Gasteiger charge is 2.07. The van der Waals surface area contributed by atoms with E-state index >= 15 is 0 Å². The Morgan fingerprint density at radius 2 is 2.25 bits per heavy atom. The van der Waals surface area contributed by atoms with Crippen molar-refractivity contribution in [2.45, 2.75) is 13.3 Å². The summed E-state index contributed by atoms with van der Waals surface area (Å²) in [5.74, 6) is -0.448. The van der Waals surface area contributed by atoms with Crippen LogP contribution in [0.4, 0.5) is 10.1 Å². The van der Waals surface area contributed by atoms with E-state index in [-0.39, 0.29) is 0 Å². The number of nitrogens with one attached hydrogen (secondary N) is 2. The van der Waals surface area contributed by atoms with Crippen molar-refractivity contribution in [2.24, 2.45) is 5.10 Å². The molecule has 0 fully saturated rings. The standard InChI is InChI=1S/C11H13FN4/c1-2-9-5-3-4-6-10(9)14-16-13-8-7-11(12)15-16/h3-8,14-15H,2H2,1H3. The highest BCUT2D eigenvalue weighted by Crippen LogP contribution is 2.16. The van der Waals surface area contributed by atoms with Gasteiger partial charge in [0.2, 0.25) is 5.95 Å². The Labute approximate surface area is 93.4 Å². The Morgan fingerprint density at radius 1 is 1.44 bits per heavy atom. The van der Waals surface area contributed by atoms with Crippen molar-refractivity contribution in [3.8, 4) is 0 Å². The zero-order valence-corrected chi connectivity index (χ0v) is 8.94. The molecule has 1 aliphatic heterocycles. The second-order valence-electron chi connectivity index (χ2n) is 3.33. The van der Waals surface area contributed by atoms with E-state index in [1.54, 1.807) is 0 Å². The van der Waals surface area contributed by atoms with E-state index in [9.17, 15) is 4.39 Å². The van der Waals surface area contributed by atoms with Crippen molar-refractivity contribution in [3.63, 3.8) is 0 Å². The maximum absolute atomic E-state index is 12.9. The van der Waals surface area contributed by atoms with Gasteiger partial charge in [-0.15, -0.1) is 10.3 Å². The lowest BCUT2D eigenvalue weighted by molar-refractivity contribution is 0.239. The van der Waals surface area contributed by atoms with Gasteiger partial charge in [0, 0.05) is 6.08 Å². The molecule has 0 atom stereocenters. The molecule has 1 aromatic carbocycles. The predicted octanol–water partition coefficient (Wildman–Crippen LogP) is 2.19. The summed E-state index contributed by atoms with van der Waals surface area (Å²) in [5.41, 5.74) is 7.46. The molecule has 1 aliphatic rings. The van der Waals surface area contributed by atoms with Gasteiger partial charge in [0.25, 0.3) is 0 Å². The van der Waals surface area contributed by atoms with E-state index in [1.807, 2.05) is 24.3 Å². The number of benzene rings is 1. The first-order chi connectivity index (χ1) is 7.79. The molecule has 0 aromatic heterocycles. The Balaban J connectivity index is 2.10. The third-order valence-corrected chi connectivity index (χ3v) is 2.24. The summed E-state index contributed by atoms with van der Waals surface area (Å²) in [4.78, 5) is 0. The van der Waals surface area contributed by atoms with Gasteiger partial charge >= 0.3 is 0 Å². The minimum atomic E-state index is -0.448. The van der Waals surface area contributed by atoms with Crippen LogP contribution < -0.4 is 10.9 Å². The van der Waals surface area contributed by atoms with Crippen molar-refractivity contribution >= 4 is 11.9 Å². The van der Waals surface area contributed by atoms with Crippen molar-refractivity contribution < 1.29 is 4.39 Å². The molecule has 0 saturated carbocycles. The van der Waals surface area contributed by atoms with Crippen LogP contribution in [-0.2, 0) is 6.42 Å². The minimum absolute atomic E-state index is 0.448. The molecule has 0 unspecified atom stereocenters. The zero-order valence-electron chi connectivity index (χ0n) is 8.94. The molecular weight excluding hydrogens is 207 g/mol. The van der Waals surface area contributed by atoms with Crippen molar-refractivity contribution in [1.82, 2.24) is 10.7 Å². The molecule has 4 nitrogen and oxygen atoms in total. The topological polar surface area (TPSA) is 39.7 Å². The first-order valence-corrected chi connectivity index (χ1v) is 5.10. The Kier molecular flexibility index (Phi) is 3.05. The smallest absolute Gasteiger partial charge is 0.210 e. The van der Waals surface area contributed by atoms with Crippen molar-refractivity contribution in [2.75, 3.05) is 5.43 Å². The second kappa shape index (κ2) is 4.65. The number of nitrogens with zero attached hydrogens (tertiary/aromatic N) is 2. The van der Waals surface area contributed by atoms with E-state index in [0.717, 1.165) is 17.7 Å². The predicted molar refractivity (Wildman–Crippen MR) is 62.1 cm³/mol. The number of hydrazine groups is 2. The van der Waals surface area contributed by atoms with E-state index in [4.69, 9.17) is 0 Å². The van der Waals surface area contributed by atoms with Gasteiger partial charge in [0.15, 0.2) is 0 Å². The van der Waals surface area contributed by atoms with Gasteiger partial charge in [0.1, 0.15) is 0 Å². The van der Waals surface area contributed by atoms with Crippen LogP contribution in [0.5, 0.6) is 0 Å². The quantitative estimate of drug-likeness (QED) is 0.767. The summed E-state index contributed by atoms with van der Waals surface area (Å²) >= 11 is 0. The summed E-state index contributed by atoms with van der Waals surface area (Å²) in [5, 5.41) is 5.16. The average molecular weight is 220 g/mol. The molecule has 2 N–H and O–H groups in total. The fourth-order valence-electron chi connectivity index (χ4n) is 1.44. The number of rotatable bonds is 3. The molecular formula is C11H13FN4. The van der Waals surface area contributed by atoms with Crippen molar-refractivity contribution in [1.29, 1.82) is 0 Å². The fraction of sp³-hybridized carbons (Fsp3) is 0.182. The normalized spacial score (nSPS) is 14.4. The molecule has 84 valence electrons. The maximum Gasteiger partial charge on any atom is 0.210 e. The molecule has 16 heavy (non-hydrogen) atoms. The third-order valence-electron chi connectivity index (χ3n) is 2.24. The van der Waals surface area contributed by atoms with Gasteiger partial charge in [-0.2, -0.15) is 4.39 Å². The summed E-state index contributed by atoms with van der Waals surface area (Å²) in [6, 6.07) is 7.83. The largest absolute Gasteiger partial charge is 0.263 e. The summed E-state index contributed by atoms with van der Waals surface area (Å²) in [6.45, 7) is 2.06. The molecule has 0 saturated heterocycles. The van der Waals surface area contributed by atoms with Crippen LogP contribution in [0, 0.1) is 0 Å². The fourth-order valence-corrected chi connectivity index (χ4v) is 1.44. The number of hydrogen-bond donors (Lipinski definition) is 2. The van der Waals surface area contributed by atoms with E-state index in [2.05, 4.69) is 22.9 Å². The lowest BCUT2D eigenvalue weighted by Gasteiger charge is -2.23. The van der Waals surface area contributed by atoms with E-state index in [1.165, 1.54) is 17.5 Å². The Hall–Kier alpha value is -2.04. The van der Waals surface area contributed by atoms with Crippen molar-refractivity contribution in [3.05, 3.63) is 41.9 Å². The maximum atomic E-state index is 12.9. The molecule has 2 rings (SSSR count). The molecule has 0 bridgehead atoms. The van der Waals surface area contributed by atoms with Gasteiger partial charge in [-0.3, -0.25) is 5.43 Å². The van der Waals surface area contributed by atoms with Crippen LogP contribution in [0.1, 0.15) is 12.5 Å². The molecule has 1 heterocycles. The van der Waals surface area contributed by atoms with E-state index in [0.29, 0.717) is 0 Å². The number of allylic oxidation sites excluding steroid dienone is 1. The van der Waals surface area contributed by atoms with Gasteiger partial charge in [-0.25, -0.2) is 5.43 Å². The van der Waals surface area contributed by atoms with Crippen LogP contribution >= 0.6 is 0 Å². The lowest BCUT2D eigenvalue weighted by Crippen LogP contribution is -2.38. The summed E-state index contributed by atoms with van der Waals surface area (Å²) in [7, 11) is 0. The monoisotopic (exact) mass is 220 g/mol. The van der Waals surface area contributed by atoms with Crippen LogP contribution in [0.15, 0.2) is 41.4 Å². The van der Waals surface area contributed by atoms with E-state index < -0.39 is 5.95 Å². The molecule has 5 heteroatoms. The number of anilines is 1. The average Bonchev–Trinajstić information content (AvgIpc) is 2.30. The van der Waals surface area contributed by atoms with Gasteiger partial charge in [-0.05, 0) is 18.1 Å². The summed E-state index contributed by atoms with van der Waals surface area (Å²) < 4.78 is 12.9. The van der Waals surface area contributed by atoms with Crippen LogP contribution in [0.2, 0.25) is 0 Å². The molecule has 1 aromatic rings. The summed E-state index contributed by atoms with van der Waals surface area (Å²) in [6.07, 6.45) is 3.54. The number of aryl methyl sites for hydroxylation is 1.